The predicted molar refractivity (Wildman–Crippen MR) is 67.7 cm³/mol. The monoisotopic (exact) mass is 226 g/mol. The van der Waals surface area contributed by atoms with E-state index in [-0.39, 0.29) is 6.04 Å². The van der Waals surface area contributed by atoms with E-state index in [0.29, 0.717) is 0 Å². The Labute approximate surface area is 97.0 Å². The lowest BCUT2D eigenvalue weighted by Gasteiger charge is -2.15. The fourth-order valence-corrected chi connectivity index (χ4v) is 1.66. The zero-order valence-corrected chi connectivity index (χ0v) is 10.4. The van der Waals surface area contributed by atoms with Crippen LogP contribution in [0.25, 0.3) is 0 Å². The van der Waals surface area contributed by atoms with Gasteiger partial charge in [0, 0.05) is 30.8 Å². The lowest BCUT2D eigenvalue weighted by molar-refractivity contribution is 0.646. The van der Waals surface area contributed by atoms with E-state index in [0.717, 1.165) is 29.1 Å². The lowest BCUT2D eigenvalue weighted by Crippen LogP contribution is -2.21. The third kappa shape index (κ3) is 3.40. The van der Waals surface area contributed by atoms with Crippen LogP contribution < -0.4 is 10.6 Å². The molecule has 84 valence electrons. The zero-order chi connectivity index (χ0) is 11.4. The molecular formula is C12H19ClN2. The van der Waals surface area contributed by atoms with E-state index in [1.165, 1.54) is 0 Å². The van der Waals surface area contributed by atoms with Gasteiger partial charge in [0.2, 0.25) is 0 Å². The third-order valence-electron chi connectivity index (χ3n) is 2.56. The summed E-state index contributed by atoms with van der Waals surface area (Å²) in [6.07, 6.45) is 1.83. The summed E-state index contributed by atoms with van der Waals surface area (Å²) in [5.41, 5.74) is 8.16. The summed E-state index contributed by atoms with van der Waals surface area (Å²) in [5.74, 6) is 0. The smallest absolute Gasteiger partial charge is 0.0459 e. The quantitative estimate of drug-likeness (QED) is 0.856. The number of hydrogen-bond donors (Lipinski definition) is 1. The van der Waals surface area contributed by atoms with Crippen molar-refractivity contribution >= 4 is 17.3 Å². The molecule has 1 unspecified atom stereocenters. The van der Waals surface area contributed by atoms with E-state index in [1.807, 2.05) is 25.1 Å². The summed E-state index contributed by atoms with van der Waals surface area (Å²) in [4.78, 5) is 2.04. The first-order valence-electron chi connectivity index (χ1n) is 5.26. The molecular weight excluding hydrogens is 208 g/mol. The van der Waals surface area contributed by atoms with Gasteiger partial charge in [0.1, 0.15) is 0 Å². The summed E-state index contributed by atoms with van der Waals surface area (Å²) in [5, 5.41) is 0.810. The van der Waals surface area contributed by atoms with Gasteiger partial charge in [-0.25, -0.2) is 0 Å². The second-order valence-electron chi connectivity index (χ2n) is 4.04. The number of halogens is 1. The van der Waals surface area contributed by atoms with Gasteiger partial charge in [0.25, 0.3) is 0 Å². The molecule has 0 saturated carbocycles. The fraction of sp³-hybridized carbons (Fsp3) is 0.500. The summed E-state index contributed by atoms with van der Waals surface area (Å²) < 4.78 is 0. The molecule has 15 heavy (non-hydrogen) atoms. The van der Waals surface area contributed by atoms with Gasteiger partial charge in [0.05, 0.1) is 0 Å². The van der Waals surface area contributed by atoms with E-state index in [1.54, 1.807) is 0 Å². The van der Waals surface area contributed by atoms with Gasteiger partial charge in [-0.2, -0.15) is 0 Å². The molecule has 1 aromatic carbocycles. The minimum absolute atomic E-state index is 0.202. The van der Waals surface area contributed by atoms with Gasteiger partial charge in [-0.05, 0) is 30.5 Å². The van der Waals surface area contributed by atoms with Crippen LogP contribution in [0.15, 0.2) is 18.2 Å². The van der Waals surface area contributed by atoms with Crippen LogP contribution in [0.5, 0.6) is 0 Å². The normalized spacial score (nSPS) is 12.6. The van der Waals surface area contributed by atoms with Crippen molar-refractivity contribution in [2.24, 2.45) is 5.73 Å². The van der Waals surface area contributed by atoms with Gasteiger partial charge in [-0.1, -0.05) is 24.6 Å². The molecule has 0 aliphatic carbocycles. The van der Waals surface area contributed by atoms with Crippen molar-refractivity contribution in [3.8, 4) is 0 Å². The van der Waals surface area contributed by atoms with Gasteiger partial charge < -0.3 is 10.6 Å². The molecule has 0 fully saturated rings. The van der Waals surface area contributed by atoms with E-state index in [9.17, 15) is 0 Å². The minimum Gasteiger partial charge on any atom is -0.378 e. The summed E-state index contributed by atoms with van der Waals surface area (Å²) in [6.45, 7) is 2.09. The molecule has 3 heteroatoms. The van der Waals surface area contributed by atoms with E-state index in [2.05, 4.69) is 19.1 Å². The Hall–Kier alpha value is -0.730. The first-order valence-corrected chi connectivity index (χ1v) is 5.63. The highest BCUT2D eigenvalue weighted by atomic mass is 35.5. The van der Waals surface area contributed by atoms with E-state index < -0.39 is 0 Å². The first kappa shape index (κ1) is 12.3. The topological polar surface area (TPSA) is 29.3 Å². The van der Waals surface area contributed by atoms with Crippen molar-refractivity contribution in [1.29, 1.82) is 0 Å². The summed E-state index contributed by atoms with van der Waals surface area (Å²) in [6, 6.07) is 6.32. The van der Waals surface area contributed by atoms with Crippen molar-refractivity contribution in [2.75, 3.05) is 19.0 Å². The van der Waals surface area contributed by atoms with Crippen molar-refractivity contribution in [3.63, 3.8) is 0 Å². The average Bonchev–Trinajstić information content (AvgIpc) is 2.20. The van der Waals surface area contributed by atoms with E-state index in [4.69, 9.17) is 17.3 Å². The van der Waals surface area contributed by atoms with Crippen molar-refractivity contribution in [1.82, 2.24) is 0 Å². The second-order valence-corrected chi connectivity index (χ2v) is 4.45. The Morgan fingerprint density at radius 3 is 2.53 bits per heavy atom. The number of nitrogens with zero attached hydrogens (tertiary/aromatic N) is 1. The Bertz CT molecular complexity index is 323. The summed E-state index contributed by atoms with van der Waals surface area (Å²) >= 11 is 6.19. The molecule has 0 aromatic heterocycles. The Morgan fingerprint density at radius 2 is 2.07 bits per heavy atom. The Morgan fingerprint density at radius 1 is 1.40 bits per heavy atom. The molecule has 0 heterocycles. The average molecular weight is 227 g/mol. The highest BCUT2D eigenvalue weighted by Gasteiger charge is 2.06. The van der Waals surface area contributed by atoms with Crippen LogP contribution in [0.2, 0.25) is 5.02 Å². The molecule has 0 amide bonds. The van der Waals surface area contributed by atoms with Gasteiger partial charge in [-0.3, -0.25) is 0 Å². The molecule has 0 spiro atoms. The van der Waals surface area contributed by atoms with Crippen LogP contribution in [0.1, 0.15) is 18.9 Å². The Kier molecular flexibility index (Phi) is 4.43. The van der Waals surface area contributed by atoms with Crippen LogP contribution in [-0.4, -0.2) is 20.1 Å². The maximum absolute atomic E-state index is 6.19. The largest absolute Gasteiger partial charge is 0.378 e. The zero-order valence-electron chi connectivity index (χ0n) is 9.63. The molecule has 0 aliphatic rings. The van der Waals surface area contributed by atoms with Crippen LogP contribution in [0.3, 0.4) is 0 Å². The molecule has 0 saturated heterocycles. The standard InChI is InChI=1S/C12H19ClN2/c1-4-10(14)7-9-5-6-11(15(2)3)8-12(9)13/h5-6,8,10H,4,7,14H2,1-3H3. The van der Waals surface area contributed by atoms with Gasteiger partial charge in [0.15, 0.2) is 0 Å². The molecule has 0 bridgehead atoms. The van der Waals surface area contributed by atoms with Gasteiger partial charge >= 0.3 is 0 Å². The lowest BCUT2D eigenvalue weighted by atomic mass is 10.0. The molecule has 2 N–H and O–H groups in total. The highest BCUT2D eigenvalue weighted by molar-refractivity contribution is 6.31. The van der Waals surface area contributed by atoms with Crippen molar-refractivity contribution in [3.05, 3.63) is 28.8 Å². The Balaban J connectivity index is 2.83. The number of rotatable bonds is 4. The van der Waals surface area contributed by atoms with Crippen LogP contribution in [0, 0.1) is 0 Å². The first-order chi connectivity index (χ1) is 7.04. The van der Waals surface area contributed by atoms with E-state index >= 15 is 0 Å². The minimum atomic E-state index is 0.202. The molecule has 0 aliphatic heterocycles. The van der Waals surface area contributed by atoms with Crippen LogP contribution in [-0.2, 0) is 6.42 Å². The number of anilines is 1. The second kappa shape index (κ2) is 5.38. The predicted octanol–water partition coefficient (Wildman–Crippen LogP) is 2.69. The number of nitrogens with two attached hydrogens (primary N) is 1. The molecule has 1 rings (SSSR count). The molecule has 2 nitrogen and oxygen atoms in total. The number of hydrogen-bond acceptors (Lipinski definition) is 2. The molecule has 1 atom stereocenters. The maximum Gasteiger partial charge on any atom is 0.0459 e. The summed E-state index contributed by atoms with van der Waals surface area (Å²) in [7, 11) is 4.01. The highest BCUT2D eigenvalue weighted by Crippen LogP contribution is 2.23. The molecule has 0 radical (unpaired) electrons. The molecule has 1 aromatic rings. The van der Waals surface area contributed by atoms with Crippen molar-refractivity contribution < 1.29 is 0 Å². The van der Waals surface area contributed by atoms with Crippen molar-refractivity contribution in [2.45, 2.75) is 25.8 Å². The number of benzene rings is 1. The van der Waals surface area contributed by atoms with Crippen LogP contribution in [0.4, 0.5) is 5.69 Å². The fourth-order valence-electron chi connectivity index (χ4n) is 1.41. The third-order valence-corrected chi connectivity index (χ3v) is 2.91. The maximum atomic E-state index is 6.19. The SMILES string of the molecule is CCC(N)Cc1ccc(N(C)C)cc1Cl. The van der Waals surface area contributed by atoms with Crippen LogP contribution >= 0.6 is 11.6 Å². The van der Waals surface area contributed by atoms with Gasteiger partial charge in [-0.15, -0.1) is 0 Å².